The van der Waals surface area contributed by atoms with Crippen molar-refractivity contribution in [2.24, 2.45) is 17.8 Å². The standard InChI is InChI=1S/C36H61N3O10/c1-12-27-36(8,45)30(41)24(6)39(11)19-20(2)17-35(7,44)31(49-34-28(40)26(38(9)10)16-21(3)46-34)22(4)29(23(5)32(42)47-27)48-33(43)25-14-13-15-37-18-25/h13-15,18,20-24,26-31,34,40-41,44-45H,12,16-17,19H2,1-11H3/t20-,21-,22+,23-,24-,26+,27?,28-,29+,30-,31-,34+,35-,36-/m1/s1. The average molecular weight is 696 g/mol. The van der Waals surface area contributed by atoms with Crippen LogP contribution in [-0.2, 0) is 23.7 Å². The lowest BCUT2D eigenvalue weighted by molar-refractivity contribution is -0.299. The van der Waals surface area contributed by atoms with Gasteiger partial charge in [0.1, 0.15) is 30.0 Å². The zero-order chi connectivity index (χ0) is 37.0. The number of pyridine rings is 1. The molecular formula is C36H61N3O10. The molecule has 14 atom stereocenters. The number of carbonyl (C=O) groups is 2. The number of aromatic nitrogens is 1. The Kier molecular flexibility index (Phi) is 14.2. The molecule has 2 fully saturated rings. The number of likely N-dealkylation sites (N-methyl/N-ethyl adjacent to an activating group) is 2. The van der Waals surface area contributed by atoms with Crippen molar-refractivity contribution in [3.63, 3.8) is 0 Å². The second kappa shape index (κ2) is 16.9. The van der Waals surface area contributed by atoms with Crippen LogP contribution in [0.25, 0.3) is 0 Å². The summed E-state index contributed by atoms with van der Waals surface area (Å²) in [5.41, 5.74) is -3.26. The Morgan fingerprint density at radius 2 is 1.80 bits per heavy atom. The van der Waals surface area contributed by atoms with Crippen LogP contribution >= 0.6 is 0 Å². The van der Waals surface area contributed by atoms with Crippen molar-refractivity contribution in [2.75, 3.05) is 27.7 Å². The van der Waals surface area contributed by atoms with E-state index in [0.29, 0.717) is 13.0 Å². The number of nitrogens with zero attached hydrogens (tertiary/aromatic N) is 3. The Labute approximate surface area is 291 Å². The van der Waals surface area contributed by atoms with Crippen molar-refractivity contribution in [2.45, 2.75) is 141 Å². The Morgan fingerprint density at radius 3 is 2.37 bits per heavy atom. The molecule has 0 spiro atoms. The lowest BCUT2D eigenvalue weighted by atomic mass is 9.77. The molecule has 3 rings (SSSR count). The van der Waals surface area contributed by atoms with E-state index in [0.717, 1.165) is 0 Å². The average Bonchev–Trinajstić information content (AvgIpc) is 3.03. The van der Waals surface area contributed by atoms with Gasteiger partial charge >= 0.3 is 11.9 Å². The van der Waals surface area contributed by atoms with E-state index in [1.54, 1.807) is 46.8 Å². The highest BCUT2D eigenvalue weighted by molar-refractivity contribution is 5.89. The van der Waals surface area contributed by atoms with Crippen LogP contribution in [0.15, 0.2) is 24.5 Å². The maximum Gasteiger partial charge on any atom is 0.340 e. The summed E-state index contributed by atoms with van der Waals surface area (Å²) in [5, 5.41) is 46.7. The highest BCUT2D eigenvalue weighted by Crippen LogP contribution is 2.37. The molecule has 0 amide bonds. The lowest BCUT2D eigenvalue weighted by Crippen LogP contribution is -2.59. The lowest BCUT2D eigenvalue weighted by Gasteiger charge is -2.47. The first-order valence-corrected chi connectivity index (χ1v) is 17.5. The minimum Gasteiger partial charge on any atom is -0.459 e. The molecule has 1 aromatic heterocycles. The van der Waals surface area contributed by atoms with Gasteiger partial charge in [0.25, 0.3) is 0 Å². The van der Waals surface area contributed by atoms with Gasteiger partial charge in [-0.05, 0) is 93.1 Å². The van der Waals surface area contributed by atoms with Gasteiger partial charge in [-0.2, -0.15) is 0 Å². The number of hydrogen-bond donors (Lipinski definition) is 4. The van der Waals surface area contributed by atoms with Crippen LogP contribution in [0.1, 0.15) is 85.0 Å². The molecule has 0 aliphatic carbocycles. The molecule has 2 aliphatic rings. The predicted octanol–water partition coefficient (Wildman–Crippen LogP) is 2.24. The molecule has 2 aliphatic heterocycles. The highest BCUT2D eigenvalue weighted by atomic mass is 16.7. The minimum absolute atomic E-state index is 0.159. The molecule has 1 unspecified atom stereocenters. The molecule has 3 heterocycles. The molecule has 1 aromatic rings. The Morgan fingerprint density at radius 1 is 1.14 bits per heavy atom. The van der Waals surface area contributed by atoms with Gasteiger partial charge in [-0.3, -0.25) is 9.78 Å². The van der Waals surface area contributed by atoms with Crippen molar-refractivity contribution in [1.82, 2.24) is 14.8 Å². The largest absolute Gasteiger partial charge is 0.459 e. The summed E-state index contributed by atoms with van der Waals surface area (Å²) in [5.74, 6) is -3.65. The number of aliphatic hydroxyl groups excluding tert-OH is 2. The van der Waals surface area contributed by atoms with Crippen molar-refractivity contribution >= 4 is 11.9 Å². The summed E-state index contributed by atoms with van der Waals surface area (Å²) in [7, 11) is 5.55. The molecule has 0 bridgehead atoms. The van der Waals surface area contributed by atoms with Crippen LogP contribution in [0.2, 0.25) is 0 Å². The fourth-order valence-electron chi connectivity index (χ4n) is 7.61. The third-order valence-electron chi connectivity index (χ3n) is 10.6. The van der Waals surface area contributed by atoms with Gasteiger partial charge in [0.05, 0.1) is 29.3 Å². The summed E-state index contributed by atoms with van der Waals surface area (Å²) in [6.07, 6.45) is -3.36. The smallest absolute Gasteiger partial charge is 0.340 e. The number of cyclic esters (lactones) is 1. The molecule has 13 nitrogen and oxygen atoms in total. The van der Waals surface area contributed by atoms with E-state index < -0.39 is 77.8 Å². The van der Waals surface area contributed by atoms with E-state index >= 15 is 0 Å². The number of ether oxygens (including phenoxy) is 4. The van der Waals surface area contributed by atoms with Gasteiger partial charge in [-0.1, -0.05) is 20.8 Å². The Balaban J connectivity index is 2.16. The molecule has 0 radical (unpaired) electrons. The van der Waals surface area contributed by atoms with Crippen LogP contribution in [0.5, 0.6) is 0 Å². The summed E-state index contributed by atoms with van der Waals surface area (Å²) in [6, 6.07) is 2.30. The normalized spacial score (nSPS) is 42.2. The highest BCUT2D eigenvalue weighted by Gasteiger charge is 2.51. The van der Waals surface area contributed by atoms with Gasteiger partial charge in [-0.15, -0.1) is 0 Å². The van der Waals surface area contributed by atoms with Gasteiger partial charge in [0.15, 0.2) is 6.29 Å². The van der Waals surface area contributed by atoms with Crippen LogP contribution < -0.4 is 0 Å². The third kappa shape index (κ3) is 9.76. The minimum atomic E-state index is -1.82. The van der Waals surface area contributed by atoms with E-state index in [2.05, 4.69) is 4.98 Å². The van der Waals surface area contributed by atoms with Crippen LogP contribution in [0.4, 0.5) is 0 Å². The fraction of sp³-hybridized carbons (Fsp3) is 0.806. The predicted molar refractivity (Wildman–Crippen MR) is 182 cm³/mol. The number of aliphatic hydroxyl groups is 4. The summed E-state index contributed by atoms with van der Waals surface area (Å²) < 4.78 is 24.7. The summed E-state index contributed by atoms with van der Waals surface area (Å²) in [4.78, 5) is 35.3. The van der Waals surface area contributed by atoms with Crippen LogP contribution in [0.3, 0.4) is 0 Å². The zero-order valence-electron chi connectivity index (χ0n) is 31.1. The fourth-order valence-corrected chi connectivity index (χ4v) is 7.61. The van der Waals surface area contributed by atoms with Crippen molar-refractivity contribution in [3.05, 3.63) is 30.1 Å². The molecule has 2 saturated heterocycles. The van der Waals surface area contributed by atoms with Crippen molar-refractivity contribution < 1.29 is 49.0 Å². The second-order valence-corrected chi connectivity index (χ2v) is 15.2. The second-order valence-electron chi connectivity index (χ2n) is 15.2. The number of hydrogen-bond acceptors (Lipinski definition) is 13. The maximum atomic E-state index is 14.0. The van der Waals surface area contributed by atoms with E-state index in [4.69, 9.17) is 18.9 Å². The van der Waals surface area contributed by atoms with Gasteiger partial charge < -0.3 is 49.2 Å². The monoisotopic (exact) mass is 695 g/mol. The molecule has 49 heavy (non-hydrogen) atoms. The van der Waals surface area contributed by atoms with Crippen molar-refractivity contribution in [1.29, 1.82) is 0 Å². The van der Waals surface area contributed by atoms with Crippen molar-refractivity contribution in [3.8, 4) is 0 Å². The first-order chi connectivity index (χ1) is 22.7. The molecule has 0 saturated carbocycles. The van der Waals surface area contributed by atoms with Gasteiger partial charge in [-0.25, -0.2) is 4.79 Å². The number of carbonyl (C=O) groups excluding carboxylic acids is 2. The molecule has 0 aromatic carbocycles. The molecule has 280 valence electrons. The third-order valence-corrected chi connectivity index (χ3v) is 10.6. The first kappa shape index (κ1) is 41.2. The molecule has 4 N–H and O–H groups in total. The number of esters is 2. The van der Waals surface area contributed by atoms with Gasteiger partial charge in [0.2, 0.25) is 0 Å². The van der Waals surface area contributed by atoms with E-state index in [9.17, 15) is 30.0 Å². The van der Waals surface area contributed by atoms with Gasteiger partial charge in [0, 0.05) is 36.9 Å². The zero-order valence-corrected chi connectivity index (χ0v) is 31.1. The topological polar surface area (TPSA) is 171 Å². The van der Waals surface area contributed by atoms with Crippen LogP contribution in [0, 0.1) is 17.8 Å². The first-order valence-electron chi connectivity index (χ1n) is 17.5. The van der Waals surface area contributed by atoms with E-state index in [-0.39, 0.29) is 36.5 Å². The summed E-state index contributed by atoms with van der Waals surface area (Å²) >= 11 is 0. The Hall–Kier alpha value is -2.23. The van der Waals surface area contributed by atoms with Crippen LogP contribution in [-0.4, -0.2) is 141 Å². The SMILES string of the molecule is CCC1OC(=O)[C@H](C)[C@@H](OC(=O)c2cccnc2)[C@H](C)[C@@H](O[C@@H]2O[C@H](C)C[C@H](N(C)C)[C@H]2O)[C@](C)(O)C[C@@H](C)CN(C)[C@H](C)[C@@H](O)[C@]1(C)O. The maximum absolute atomic E-state index is 14.0. The van der Waals surface area contributed by atoms with E-state index in [1.807, 2.05) is 44.8 Å². The summed E-state index contributed by atoms with van der Waals surface area (Å²) in [6.45, 7) is 14.2. The van der Waals surface area contributed by atoms with E-state index in [1.165, 1.54) is 19.3 Å². The quantitative estimate of drug-likeness (QED) is 0.320. The number of rotatable bonds is 6. The Bertz CT molecular complexity index is 1220. The molecular weight excluding hydrogens is 634 g/mol. The molecule has 13 heteroatoms.